The van der Waals surface area contributed by atoms with Crippen molar-refractivity contribution in [2.24, 2.45) is 10.9 Å². The van der Waals surface area contributed by atoms with E-state index in [0.29, 0.717) is 12.0 Å². The number of nitrogens with zero attached hydrogens (tertiary/aromatic N) is 2. The van der Waals surface area contributed by atoms with Crippen molar-refractivity contribution in [2.45, 2.75) is 70.1 Å². The molecule has 2 unspecified atom stereocenters. The van der Waals surface area contributed by atoms with E-state index in [4.69, 9.17) is 4.99 Å². The molecule has 0 bridgehead atoms. The molecule has 2 aliphatic carbocycles. The molecule has 0 radical (unpaired) electrons. The van der Waals surface area contributed by atoms with E-state index in [1.54, 1.807) is 0 Å². The van der Waals surface area contributed by atoms with Gasteiger partial charge in [0.2, 0.25) is 0 Å². The maximum atomic E-state index is 9.92. The fourth-order valence-electron chi connectivity index (χ4n) is 3.80. The lowest BCUT2D eigenvalue weighted by Gasteiger charge is -2.33. The fraction of sp³-hybridized carbons (Fsp3) is 0.941. The van der Waals surface area contributed by atoms with Crippen LogP contribution in [-0.2, 0) is 0 Å². The number of guanidine groups is 1. The number of hydrogen-bond acceptors (Lipinski definition) is 3. The predicted octanol–water partition coefficient (Wildman–Crippen LogP) is 1.33. The Morgan fingerprint density at radius 1 is 1.14 bits per heavy atom. The molecule has 1 heterocycles. The van der Waals surface area contributed by atoms with E-state index >= 15 is 0 Å². The van der Waals surface area contributed by atoms with E-state index in [1.807, 2.05) is 0 Å². The molecular formula is C17H32N4O. The highest BCUT2D eigenvalue weighted by Gasteiger charge is 2.32. The molecule has 1 aliphatic heterocycles. The fourth-order valence-corrected chi connectivity index (χ4v) is 3.80. The van der Waals surface area contributed by atoms with E-state index in [-0.39, 0.29) is 6.10 Å². The molecule has 0 spiro atoms. The van der Waals surface area contributed by atoms with Crippen LogP contribution in [0, 0.1) is 5.92 Å². The second-order valence-electron chi connectivity index (χ2n) is 7.16. The molecule has 1 saturated heterocycles. The summed E-state index contributed by atoms with van der Waals surface area (Å²) < 4.78 is 0. The van der Waals surface area contributed by atoms with Crippen LogP contribution in [0.25, 0.3) is 0 Å². The normalized spacial score (nSPS) is 31.5. The molecule has 22 heavy (non-hydrogen) atoms. The van der Waals surface area contributed by atoms with Crippen molar-refractivity contribution < 1.29 is 5.11 Å². The second kappa shape index (κ2) is 7.64. The maximum absolute atomic E-state index is 9.92. The summed E-state index contributed by atoms with van der Waals surface area (Å²) in [5.41, 5.74) is 0. The van der Waals surface area contributed by atoms with Gasteiger partial charge in [-0.15, -0.1) is 0 Å². The Labute approximate surface area is 134 Å². The molecule has 5 heteroatoms. The summed E-state index contributed by atoms with van der Waals surface area (Å²) in [5, 5.41) is 16.9. The van der Waals surface area contributed by atoms with Crippen LogP contribution in [0.1, 0.15) is 51.9 Å². The first-order valence-electron chi connectivity index (χ1n) is 9.23. The number of aliphatic hydroxyl groups is 1. The van der Waals surface area contributed by atoms with Gasteiger partial charge in [0.1, 0.15) is 0 Å². The highest BCUT2D eigenvalue weighted by molar-refractivity contribution is 5.80. The van der Waals surface area contributed by atoms with Crippen molar-refractivity contribution in [2.75, 3.05) is 26.2 Å². The van der Waals surface area contributed by atoms with Crippen molar-refractivity contribution in [1.29, 1.82) is 0 Å². The zero-order chi connectivity index (χ0) is 15.4. The molecule has 0 aromatic rings. The number of nitrogens with one attached hydrogen (secondary N) is 2. The van der Waals surface area contributed by atoms with Gasteiger partial charge in [-0.1, -0.05) is 6.42 Å². The zero-order valence-corrected chi connectivity index (χ0v) is 13.9. The molecule has 0 aromatic heterocycles. The van der Waals surface area contributed by atoms with Crippen molar-refractivity contribution in [1.82, 2.24) is 15.5 Å². The van der Waals surface area contributed by atoms with Crippen molar-refractivity contribution in [3.05, 3.63) is 0 Å². The molecule has 0 amide bonds. The van der Waals surface area contributed by atoms with Crippen LogP contribution in [0.5, 0.6) is 0 Å². The monoisotopic (exact) mass is 308 g/mol. The Balaban J connectivity index is 1.46. The predicted molar refractivity (Wildman–Crippen MR) is 90.1 cm³/mol. The van der Waals surface area contributed by atoms with Crippen LogP contribution in [0.2, 0.25) is 0 Å². The first-order chi connectivity index (χ1) is 10.8. The van der Waals surface area contributed by atoms with Crippen LogP contribution in [0.4, 0.5) is 0 Å². The highest BCUT2D eigenvalue weighted by atomic mass is 16.3. The molecule has 0 aromatic carbocycles. The SMILES string of the molecule is CCNC(=NCC1CCCC1O)NC1CCN(C2CC2)CC1. The number of rotatable bonds is 5. The minimum absolute atomic E-state index is 0.145. The number of likely N-dealkylation sites (tertiary alicyclic amines) is 1. The molecule has 3 fully saturated rings. The lowest BCUT2D eigenvalue weighted by atomic mass is 10.1. The third-order valence-electron chi connectivity index (χ3n) is 5.38. The summed E-state index contributed by atoms with van der Waals surface area (Å²) in [6.07, 6.45) is 8.31. The summed E-state index contributed by atoms with van der Waals surface area (Å²) in [4.78, 5) is 7.38. The quantitative estimate of drug-likeness (QED) is 0.530. The van der Waals surface area contributed by atoms with Gasteiger partial charge in [0, 0.05) is 44.2 Å². The smallest absolute Gasteiger partial charge is 0.191 e. The topological polar surface area (TPSA) is 59.9 Å². The van der Waals surface area contributed by atoms with E-state index in [1.165, 1.54) is 38.8 Å². The summed E-state index contributed by atoms with van der Waals surface area (Å²) in [6.45, 7) is 6.20. The van der Waals surface area contributed by atoms with Gasteiger partial charge >= 0.3 is 0 Å². The maximum Gasteiger partial charge on any atom is 0.191 e. The van der Waals surface area contributed by atoms with Crippen molar-refractivity contribution >= 4 is 5.96 Å². The Morgan fingerprint density at radius 3 is 2.50 bits per heavy atom. The Hall–Kier alpha value is -0.810. The van der Waals surface area contributed by atoms with Gasteiger partial charge in [-0.25, -0.2) is 0 Å². The molecule has 3 aliphatic rings. The van der Waals surface area contributed by atoms with Crippen LogP contribution >= 0.6 is 0 Å². The Kier molecular flexibility index (Phi) is 5.58. The van der Waals surface area contributed by atoms with E-state index in [0.717, 1.165) is 44.4 Å². The molecule has 2 saturated carbocycles. The van der Waals surface area contributed by atoms with E-state index < -0.39 is 0 Å². The Morgan fingerprint density at radius 2 is 1.91 bits per heavy atom. The first-order valence-corrected chi connectivity index (χ1v) is 9.23. The third-order valence-corrected chi connectivity index (χ3v) is 5.38. The van der Waals surface area contributed by atoms with Gasteiger partial charge in [-0.3, -0.25) is 4.99 Å². The van der Waals surface area contributed by atoms with E-state index in [9.17, 15) is 5.11 Å². The van der Waals surface area contributed by atoms with Gasteiger partial charge in [0.25, 0.3) is 0 Å². The highest BCUT2D eigenvalue weighted by Crippen LogP contribution is 2.29. The van der Waals surface area contributed by atoms with Gasteiger partial charge in [0.15, 0.2) is 5.96 Å². The number of hydrogen-bond donors (Lipinski definition) is 3. The molecule has 126 valence electrons. The number of piperidine rings is 1. The van der Waals surface area contributed by atoms with Gasteiger partial charge in [-0.2, -0.15) is 0 Å². The lowest BCUT2D eigenvalue weighted by molar-refractivity contribution is 0.136. The third kappa shape index (κ3) is 4.35. The van der Waals surface area contributed by atoms with Crippen molar-refractivity contribution in [3.63, 3.8) is 0 Å². The molecule has 3 N–H and O–H groups in total. The van der Waals surface area contributed by atoms with Gasteiger partial charge in [-0.05, 0) is 45.4 Å². The van der Waals surface area contributed by atoms with Crippen LogP contribution in [0.15, 0.2) is 4.99 Å². The zero-order valence-electron chi connectivity index (χ0n) is 13.9. The van der Waals surface area contributed by atoms with Crippen LogP contribution in [-0.4, -0.2) is 60.3 Å². The Bertz CT molecular complexity index is 375. The van der Waals surface area contributed by atoms with Gasteiger partial charge < -0.3 is 20.6 Å². The summed E-state index contributed by atoms with van der Waals surface area (Å²) in [7, 11) is 0. The molecular weight excluding hydrogens is 276 g/mol. The van der Waals surface area contributed by atoms with Gasteiger partial charge in [0.05, 0.1) is 6.10 Å². The number of aliphatic imine (C=N–C) groups is 1. The van der Waals surface area contributed by atoms with Crippen LogP contribution < -0.4 is 10.6 Å². The van der Waals surface area contributed by atoms with Crippen LogP contribution in [0.3, 0.4) is 0 Å². The average Bonchev–Trinajstić information content (AvgIpc) is 3.29. The summed E-state index contributed by atoms with van der Waals surface area (Å²) in [6, 6.07) is 1.44. The summed E-state index contributed by atoms with van der Waals surface area (Å²) >= 11 is 0. The second-order valence-corrected chi connectivity index (χ2v) is 7.16. The molecule has 2 atom stereocenters. The largest absolute Gasteiger partial charge is 0.393 e. The van der Waals surface area contributed by atoms with Crippen molar-refractivity contribution in [3.8, 4) is 0 Å². The minimum Gasteiger partial charge on any atom is -0.393 e. The standard InChI is InChI=1S/C17H32N4O/c1-2-18-17(19-12-13-4-3-5-16(13)22)20-14-8-10-21(11-9-14)15-6-7-15/h13-16,22H,2-12H2,1H3,(H2,18,19,20). The summed E-state index contributed by atoms with van der Waals surface area (Å²) in [5.74, 6) is 1.29. The minimum atomic E-state index is -0.145. The molecule has 5 nitrogen and oxygen atoms in total. The first kappa shape index (κ1) is 16.1. The average molecular weight is 308 g/mol. The molecule has 3 rings (SSSR count). The number of aliphatic hydroxyl groups excluding tert-OH is 1. The lowest BCUT2D eigenvalue weighted by Crippen LogP contribution is -2.49. The van der Waals surface area contributed by atoms with E-state index in [2.05, 4.69) is 22.5 Å².